The Morgan fingerprint density at radius 2 is 2.05 bits per heavy atom. The number of pyridine rings is 1. The lowest BCUT2D eigenvalue weighted by atomic mass is 10.2. The molecule has 1 aliphatic rings. The summed E-state index contributed by atoms with van der Waals surface area (Å²) in [5, 5.41) is 8.39. The molecule has 0 unspecified atom stereocenters. The lowest BCUT2D eigenvalue weighted by Crippen LogP contribution is -2.45. The van der Waals surface area contributed by atoms with E-state index < -0.39 is 0 Å². The average molecular weight is 303 g/mol. The third kappa shape index (κ3) is 2.95. The first-order valence-corrected chi connectivity index (χ1v) is 7.51. The Labute approximate surface area is 129 Å². The Morgan fingerprint density at radius 1 is 1.27 bits per heavy atom. The molecule has 0 N–H and O–H groups in total. The molecule has 3 heterocycles. The lowest BCUT2D eigenvalue weighted by molar-refractivity contribution is 0.0602. The molecular weight excluding hydrogens is 282 g/mol. The fourth-order valence-electron chi connectivity index (χ4n) is 2.73. The van der Waals surface area contributed by atoms with Gasteiger partial charge >= 0.3 is 5.97 Å². The molecule has 0 aliphatic carbocycles. The molecule has 2 aromatic rings. The van der Waals surface area contributed by atoms with E-state index in [-0.39, 0.29) is 5.97 Å². The van der Waals surface area contributed by atoms with Gasteiger partial charge in [-0.15, -0.1) is 10.2 Å². The molecule has 22 heavy (non-hydrogen) atoms. The number of methoxy groups -OCH3 is 1. The lowest BCUT2D eigenvalue weighted by Gasteiger charge is -2.32. The van der Waals surface area contributed by atoms with Crippen LogP contribution < -0.4 is 0 Å². The molecule has 0 amide bonds. The van der Waals surface area contributed by atoms with Crippen molar-refractivity contribution in [2.24, 2.45) is 0 Å². The Morgan fingerprint density at radius 3 is 2.77 bits per heavy atom. The summed E-state index contributed by atoms with van der Waals surface area (Å²) in [5.41, 5.74) is 1.01. The van der Waals surface area contributed by atoms with E-state index in [0.717, 1.165) is 45.0 Å². The monoisotopic (exact) mass is 303 g/mol. The molecule has 0 spiro atoms. The number of aromatic nitrogens is 3. The maximum atomic E-state index is 11.8. The minimum Gasteiger partial charge on any atom is -0.465 e. The van der Waals surface area contributed by atoms with Crippen LogP contribution in [0.25, 0.3) is 5.65 Å². The summed E-state index contributed by atoms with van der Waals surface area (Å²) >= 11 is 0. The number of fused-ring (bicyclic) bond motifs is 1. The number of rotatable bonds is 4. The fraction of sp³-hybridized carbons (Fsp3) is 0.533. The highest BCUT2D eigenvalue weighted by Gasteiger charge is 2.17. The number of hydrogen-bond donors (Lipinski definition) is 0. The number of carbonyl (C=O) groups excluding carboxylic acids is 1. The van der Waals surface area contributed by atoms with E-state index >= 15 is 0 Å². The smallest absolute Gasteiger partial charge is 0.341 e. The zero-order valence-corrected chi connectivity index (χ0v) is 13.0. The largest absolute Gasteiger partial charge is 0.465 e. The van der Waals surface area contributed by atoms with Crippen LogP contribution in [-0.2, 0) is 11.2 Å². The SMILES string of the molecule is COC(=O)c1cccn2c(CCN3CCN(C)CC3)nnc12. The molecule has 7 heteroatoms. The van der Waals surface area contributed by atoms with E-state index in [1.165, 1.54) is 7.11 Å². The van der Waals surface area contributed by atoms with Gasteiger partial charge in [-0.05, 0) is 19.2 Å². The van der Waals surface area contributed by atoms with Crippen LogP contribution in [0.1, 0.15) is 16.2 Å². The van der Waals surface area contributed by atoms with Gasteiger partial charge in [0.25, 0.3) is 0 Å². The minimum atomic E-state index is -0.386. The summed E-state index contributed by atoms with van der Waals surface area (Å²) in [5.74, 6) is 0.489. The van der Waals surface area contributed by atoms with Crippen molar-refractivity contribution < 1.29 is 9.53 Å². The van der Waals surface area contributed by atoms with Gasteiger partial charge < -0.3 is 14.5 Å². The molecule has 1 aliphatic heterocycles. The van der Waals surface area contributed by atoms with Gasteiger partial charge in [-0.2, -0.15) is 0 Å². The summed E-state index contributed by atoms with van der Waals surface area (Å²) in [6.45, 7) is 5.33. The molecule has 0 aromatic carbocycles. The highest BCUT2D eigenvalue weighted by Crippen LogP contribution is 2.12. The van der Waals surface area contributed by atoms with Crippen molar-refractivity contribution >= 4 is 11.6 Å². The summed E-state index contributed by atoms with van der Waals surface area (Å²) in [7, 11) is 3.52. The Balaban J connectivity index is 1.73. The Kier molecular flexibility index (Phi) is 4.35. The van der Waals surface area contributed by atoms with Gasteiger partial charge in [0.15, 0.2) is 5.65 Å². The van der Waals surface area contributed by atoms with Gasteiger partial charge in [-0.3, -0.25) is 4.40 Å². The predicted molar refractivity (Wildman–Crippen MR) is 82.0 cm³/mol. The fourth-order valence-corrected chi connectivity index (χ4v) is 2.73. The molecule has 1 saturated heterocycles. The number of ether oxygens (including phenoxy) is 1. The topological polar surface area (TPSA) is 63.0 Å². The van der Waals surface area contributed by atoms with Gasteiger partial charge in [0.1, 0.15) is 11.4 Å². The second-order valence-electron chi connectivity index (χ2n) is 5.62. The van der Waals surface area contributed by atoms with Gasteiger partial charge in [0.2, 0.25) is 0 Å². The van der Waals surface area contributed by atoms with Crippen LogP contribution in [0.2, 0.25) is 0 Å². The molecule has 0 radical (unpaired) electrons. The minimum absolute atomic E-state index is 0.386. The van der Waals surface area contributed by atoms with Crippen molar-refractivity contribution in [3.8, 4) is 0 Å². The van der Waals surface area contributed by atoms with E-state index in [1.54, 1.807) is 6.07 Å². The Bertz CT molecular complexity index is 661. The Hall–Kier alpha value is -1.99. The van der Waals surface area contributed by atoms with Crippen LogP contribution in [0, 0.1) is 0 Å². The van der Waals surface area contributed by atoms with Crippen molar-refractivity contribution in [2.75, 3.05) is 46.9 Å². The maximum absolute atomic E-state index is 11.8. The molecule has 2 aromatic heterocycles. The molecule has 7 nitrogen and oxygen atoms in total. The van der Waals surface area contributed by atoms with E-state index in [2.05, 4.69) is 27.0 Å². The van der Waals surface area contributed by atoms with Crippen molar-refractivity contribution in [1.29, 1.82) is 0 Å². The van der Waals surface area contributed by atoms with Crippen molar-refractivity contribution in [3.05, 3.63) is 29.7 Å². The predicted octanol–water partition coefficient (Wildman–Crippen LogP) is 0.306. The summed E-state index contributed by atoms with van der Waals surface area (Å²) in [6, 6.07) is 3.53. The number of likely N-dealkylation sites (N-methyl/N-ethyl adjacent to an activating group) is 1. The molecule has 118 valence electrons. The van der Waals surface area contributed by atoms with E-state index in [0.29, 0.717) is 11.2 Å². The van der Waals surface area contributed by atoms with E-state index in [4.69, 9.17) is 4.74 Å². The molecule has 0 saturated carbocycles. The number of esters is 1. The van der Waals surface area contributed by atoms with Gasteiger partial charge in [-0.1, -0.05) is 0 Å². The third-order valence-electron chi connectivity index (χ3n) is 4.16. The highest BCUT2D eigenvalue weighted by molar-refractivity contribution is 5.95. The van der Waals surface area contributed by atoms with Crippen LogP contribution in [0.4, 0.5) is 0 Å². The first-order chi connectivity index (χ1) is 10.7. The van der Waals surface area contributed by atoms with Gasteiger partial charge in [0, 0.05) is 45.3 Å². The zero-order valence-electron chi connectivity index (χ0n) is 13.0. The van der Waals surface area contributed by atoms with Crippen LogP contribution in [-0.4, -0.2) is 77.2 Å². The molecule has 3 rings (SSSR count). The zero-order chi connectivity index (χ0) is 15.5. The summed E-state index contributed by atoms with van der Waals surface area (Å²) < 4.78 is 6.66. The summed E-state index contributed by atoms with van der Waals surface area (Å²) in [4.78, 5) is 16.5. The van der Waals surface area contributed by atoms with Gasteiger partial charge in [-0.25, -0.2) is 4.79 Å². The van der Waals surface area contributed by atoms with Crippen molar-refractivity contribution in [3.63, 3.8) is 0 Å². The summed E-state index contributed by atoms with van der Waals surface area (Å²) in [6.07, 6.45) is 2.70. The molecule has 0 atom stereocenters. The van der Waals surface area contributed by atoms with Crippen LogP contribution in [0.15, 0.2) is 18.3 Å². The van der Waals surface area contributed by atoms with Gasteiger partial charge in [0.05, 0.1) is 7.11 Å². The quantitative estimate of drug-likeness (QED) is 0.757. The standard InChI is InChI=1S/C15H21N5O2/c1-18-8-10-19(11-9-18)7-5-13-16-17-14-12(15(21)22-2)4-3-6-20(13)14/h3-4,6H,5,7-11H2,1-2H3. The van der Waals surface area contributed by atoms with Crippen LogP contribution in [0.5, 0.6) is 0 Å². The first kappa shape index (κ1) is 14.9. The molecule has 0 bridgehead atoms. The average Bonchev–Trinajstić information content (AvgIpc) is 2.97. The van der Waals surface area contributed by atoms with E-state index in [9.17, 15) is 4.79 Å². The first-order valence-electron chi connectivity index (χ1n) is 7.51. The highest BCUT2D eigenvalue weighted by atomic mass is 16.5. The number of carbonyl (C=O) groups is 1. The molecular formula is C15H21N5O2. The van der Waals surface area contributed by atoms with Crippen LogP contribution >= 0.6 is 0 Å². The number of nitrogens with zero attached hydrogens (tertiary/aromatic N) is 5. The van der Waals surface area contributed by atoms with E-state index in [1.807, 2.05) is 16.7 Å². The number of hydrogen-bond acceptors (Lipinski definition) is 6. The third-order valence-corrected chi connectivity index (χ3v) is 4.16. The normalized spacial score (nSPS) is 17.0. The number of piperazine rings is 1. The second kappa shape index (κ2) is 6.41. The maximum Gasteiger partial charge on any atom is 0.341 e. The second-order valence-corrected chi connectivity index (χ2v) is 5.62. The van der Waals surface area contributed by atoms with Crippen molar-refractivity contribution in [1.82, 2.24) is 24.4 Å². The van der Waals surface area contributed by atoms with Crippen molar-refractivity contribution in [2.45, 2.75) is 6.42 Å². The van der Waals surface area contributed by atoms with Crippen LogP contribution in [0.3, 0.4) is 0 Å². The molecule has 1 fully saturated rings.